The molecule has 0 aromatic carbocycles. The molecular weight excluding hydrogens is 246 g/mol. The quantitative estimate of drug-likeness (QED) is 0.665. The number of nitrogens with one attached hydrogen (secondary N) is 1. The molecule has 0 aliphatic heterocycles. The Balaban J connectivity index is 1.56. The largest absolute Gasteiger partial charge is 0.367 e. The second-order valence-electron chi connectivity index (χ2n) is 4.16. The normalized spacial score (nSPS) is 10.5. The minimum Gasteiger partial charge on any atom is -0.367 e. The van der Waals surface area contributed by atoms with Gasteiger partial charge in [-0.25, -0.2) is 14.6 Å². The first kappa shape index (κ1) is 13.1. The van der Waals surface area contributed by atoms with Crippen molar-refractivity contribution in [3.05, 3.63) is 25.0 Å². The molecule has 0 aliphatic carbocycles. The van der Waals surface area contributed by atoms with Gasteiger partial charge in [0.25, 0.3) is 0 Å². The lowest BCUT2D eigenvalue weighted by Gasteiger charge is -2.05. The summed E-state index contributed by atoms with van der Waals surface area (Å²) in [5.41, 5.74) is 5.36. The number of aryl methyl sites for hydroxylation is 1. The highest BCUT2D eigenvalue weighted by atomic mass is 16.2. The summed E-state index contributed by atoms with van der Waals surface area (Å²) in [5.74, 6) is 0.0839. The van der Waals surface area contributed by atoms with E-state index in [2.05, 4.69) is 20.4 Å². The topological polar surface area (TPSA) is 104 Å². The van der Waals surface area contributed by atoms with Gasteiger partial charge in [0, 0.05) is 25.5 Å². The van der Waals surface area contributed by atoms with Crippen molar-refractivity contribution in [1.82, 2.24) is 29.6 Å². The molecular formula is C11H17N7O. The molecule has 0 spiro atoms. The molecule has 0 unspecified atom stereocenters. The van der Waals surface area contributed by atoms with Crippen LogP contribution in [0.4, 0.5) is 5.95 Å². The molecule has 2 aromatic heterocycles. The van der Waals surface area contributed by atoms with Crippen LogP contribution in [0.5, 0.6) is 0 Å². The highest BCUT2D eigenvalue weighted by Crippen LogP contribution is 1.94. The third-order valence-corrected chi connectivity index (χ3v) is 2.58. The number of carbonyl (C=O) groups is 1. The van der Waals surface area contributed by atoms with Gasteiger partial charge in [0.05, 0.1) is 6.33 Å². The number of imidazole rings is 1. The molecule has 2 rings (SSSR count). The Bertz CT molecular complexity index is 505. The molecule has 0 saturated heterocycles. The molecule has 0 aliphatic rings. The van der Waals surface area contributed by atoms with Crippen molar-refractivity contribution in [2.24, 2.45) is 0 Å². The maximum Gasteiger partial charge on any atom is 0.241 e. The van der Waals surface area contributed by atoms with Gasteiger partial charge in [-0.1, -0.05) is 0 Å². The van der Waals surface area contributed by atoms with E-state index in [9.17, 15) is 4.79 Å². The summed E-state index contributed by atoms with van der Waals surface area (Å²) in [4.78, 5) is 19.3. The van der Waals surface area contributed by atoms with Crippen LogP contribution in [-0.2, 0) is 17.9 Å². The number of rotatable bonds is 7. The van der Waals surface area contributed by atoms with Crippen LogP contribution in [-0.4, -0.2) is 36.8 Å². The first-order chi connectivity index (χ1) is 9.24. The first-order valence-corrected chi connectivity index (χ1v) is 6.11. The molecule has 19 heavy (non-hydrogen) atoms. The van der Waals surface area contributed by atoms with Crippen molar-refractivity contribution in [3.63, 3.8) is 0 Å². The van der Waals surface area contributed by atoms with Gasteiger partial charge in [-0.2, -0.15) is 0 Å². The van der Waals surface area contributed by atoms with Gasteiger partial charge in [0.1, 0.15) is 12.9 Å². The summed E-state index contributed by atoms with van der Waals surface area (Å²) in [6.45, 7) is 1.71. The fourth-order valence-electron chi connectivity index (χ4n) is 1.65. The van der Waals surface area contributed by atoms with Crippen molar-refractivity contribution in [2.45, 2.75) is 25.9 Å². The molecule has 0 radical (unpaired) electrons. The van der Waals surface area contributed by atoms with E-state index in [-0.39, 0.29) is 18.4 Å². The number of amides is 1. The summed E-state index contributed by atoms with van der Waals surface area (Å²) in [5, 5.41) is 6.67. The molecule has 0 atom stereocenters. The van der Waals surface area contributed by atoms with Crippen molar-refractivity contribution in [2.75, 3.05) is 12.3 Å². The number of carbonyl (C=O) groups excluding carboxylic acids is 1. The predicted octanol–water partition coefficient (Wildman–Crippen LogP) is -0.347. The fourth-order valence-corrected chi connectivity index (χ4v) is 1.65. The van der Waals surface area contributed by atoms with Crippen LogP contribution >= 0.6 is 0 Å². The summed E-state index contributed by atoms with van der Waals surface area (Å²) >= 11 is 0. The van der Waals surface area contributed by atoms with Crippen LogP contribution in [0, 0.1) is 0 Å². The van der Waals surface area contributed by atoms with Gasteiger partial charge in [0.2, 0.25) is 11.9 Å². The second-order valence-corrected chi connectivity index (χ2v) is 4.16. The van der Waals surface area contributed by atoms with Gasteiger partial charge in [-0.3, -0.25) is 4.79 Å². The molecule has 8 nitrogen and oxygen atoms in total. The Morgan fingerprint density at radius 1 is 1.37 bits per heavy atom. The minimum atomic E-state index is -0.0902. The van der Waals surface area contributed by atoms with E-state index in [4.69, 9.17) is 5.73 Å². The van der Waals surface area contributed by atoms with Crippen LogP contribution in [0.3, 0.4) is 0 Å². The molecule has 102 valence electrons. The maximum atomic E-state index is 11.6. The molecule has 8 heteroatoms. The van der Waals surface area contributed by atoms with E-state index in [0.717, 1.165) is 19.4 Å². The van der Waals surface area contributed by atoms with Crippen molar-refractivity contribution in [3.8, 4) is 0 Å². The number of nitrogens with zero attached hydrogens (tertiary/aromatic N) is 5. The first-order valence-electron chi connectivity index (χ1n) is 6.11. The maximum absolute atomic E-state index is 11.6. The Morgan fingerprint density at radius 2 is 2.26 bits per heavy atom. The van der Waals surface area contributed by atoms with E-state index in [1.165, 1.54) is 11.0 Å². The summed E-state index contributed by atoms with van der Waals surface area (Å²) in [6, 6.07) is 0. The Morgan fingerprint density at radius 3 is 2.95 bits per heavy atom. The lowest BCUT2D eigenvalue weighted by molar-refractivity contribution is -0.121. The molecule has 2 heterocycles. The van der Waals surface area contributed by atoms with E-state index in [1.54, 1.807) is 12.5 Å². The fraction of sp³-hybridized carbons (Fsp3) is 0.455. The van der Waals surface area contributed by atoms with E-state index in [0.29, 0.717) is 6.54 Å². The van der Waals surface area contributed by atoms with E-state index < -0.39 is 0 Å². The standard InChI is InChI=1S/C11H17N7O/c12-11-15-9-18(16-11)7-10(19)14-3-1-2-5-17-6-4-13-8-17/h4,6,8-9H,1-3,5,7H2,(H2,12,16)(H,14,19). The number of nitrogen functional groups attached to an aromatic ring is 1. The zero-order chi connectivity index (χ0) is 13.5. The Labute approximate surface area is 110 Å². The zero-order valence-corrected chi connectivity index (χ0v) is 10.6. The third kappa shape index (κ3) is 4.41. The summed E-state index contributed by atoms with van der Waals surface area (Å²) in [6.07, 6.45) is 8.82. The molecule has 0 saturated carbocycles. The highest BCUT2D eigenvalue weighted by Gasteiger charge is 2.03. The molecule has 1 amide bonds. The molecule has 2 aromatic rings. The lowest BCUT2D eigenvalue weighted by Crippen LogP contribution is -2.28. The minimum absolute atomic E-state index is 0.0902. The van der Waals surface area contributed by atoms with Crippen molar-refractivity contribution < 1.29 is 4.79 Å². The van der Waals surface area contributed by atoms with Gasteiger partial charge < -0.3 is 15.6 Å². The van der Waals surface area contributed by atoms with Crippen LogP contribution in [0.1, 0.15) is 12.8 Å². The molecule has 3 N–H and O–H groups in total. The van der Waals surface area contributed by atoms with Crippen molar-refractivity contribution >= 4 is 11.9 Å². The van der Waals surface area contributed by atoms with E-state index >= 15 is 0 Å². The average Bonchev–Trinajstić information content (AvgIpc) is 3.01. The van der Waals surface area contributed by atoms with Crippen LogP contribution in [0.15, 0.2) is 25.0 Å². The van der Waals surface area contributed by atoms with Gasteiger partial charge in [-0.05, 0) is 12.8 Å². The number of unbranched alkanes of at least 4 members (excludes halogenated alkanes) is 1. The van der Waals surface area contributed by atoms with E-state index in [1.807, 2.05) is 10.8 Å². The summed E-state index contributed by atoms with van der Waals surface area (Å²) in [7, 11) is 0. The number of hydrogen-bond acceptors (Lipinski definition) is 5. The van der Waals surface area contributed by atoms with Crippen LogP contribution in [0.2, 0.25) is 0 Å². The summed E-state index contributed by atoms with van der Waals surface area (Å²) < 4.78 is 3.43. The molecule has 0 fully saturated rings. The smallest absolute Gasteiger partial charge is 0.241 e. The predicted molar refractivity (Wildman–Crippen MR) is 68.9 cm³/mol. The highest BCUT2D eigenvalue weighted by molar-refractivity contribution is 5.75. The Hall–Kier alpha value is -2.38. The number of anilines is 1. The number of nitrogens with two attached hydrogens (primary N) is 1. The van der Waals surface area contributed by atoms with Gasteiger partial charge >= 0.3 is 0 Å². The third-order valence-electron chi connectivity index (χ3n) is 2.58. The van der Waals surface area contributed by atoms with Crippen LogP contribution < -0.4 is 11.1 Å². The second kappa shape index (κ2) is 6.53. The zero-order valence-electron chi connectivity index (χ0n) is 10.6. The SMILES string of the molecule is Nc1ncn(CC(=O)NCCCCn2ccnc2)n1. The Kier molecular flexibility index (Phi) is 4.49. The van der Waals surface area contributed by atoms with Crippen LogP contribution in [0.25, 0.3) is 0 Å². The van der Waals surface area contributed by atoms with Gasteiger partial charge in [-0.15, -0.1) is 5.10 Å². The number of hydrogen-bond donors (Lipinski definition) is 2. The van der Waals surface area contributed by atoms with Gasteiger partial charge in [0.15, 0.2) is 0 Å². The average molecular weight is 263 g/mol. The lowest BCUT2D eigenvalue weighted by atomic mass is 10.3. The molecule has 0 bridgehead atoms. The van der Waals surface area contributed by atoms with Crippen molar-refractivity contribution in [1.29, 1.82) is 0 Å². The number of aromatic nitrogens is 5. The monoisotopic (exact) mass is 263 g/mol.